The van der Waals surface area contributed by atoms with Gasteiger partial charge in [-0.2, -0.15) is 0 Å². The lowest BCUT2D eigenvalue weighted by atomic mass is 9.69. The van der Waals surface area contributed by atoms with Crippen molar-refractivity contribution in [3.8, 4) is 0 Å². The van der Waals surface area contributed by atoms with Crippen molar-refractivity contribution in [3.63, 3.8) is 0 Å². The van der Waals surface area contributed by atoms with Crippen molar-refractivity contribution in [2.75, 3.05) is 0 Å². The van der Waals surface area contributed by atoms with Crippen LogP contribution in [-0.4, -0.2) is 0 Å². The fourth-order valence-electron chi connectivity index (χ4n) is 3.53. The van der Waals surface area contributed by atoms with Crippen molar-refractivity contribution in [2.24, 2.45) is 11.8 Å². The molecule has 2 aliphatic carbocycles. The molecule has 0 heterocycles. The minimum Gasteiger partial charge on any atom is -0.0804 e. The number of allylic oxidation sites excluding steroid dienone is 2. The average Bonchev–Trinajstić information content (AvgIpc) is 2.39. The Hall–Kier alpha value is -1.04. The van der Waals surface area contributed by atoms with Crippen molar-refractivity contribution in [2.45, 2.75) is 38.5 Å². The normalized spacial score (nSPS) is 29.4. The molecular weight excluding hydrogens is 192 g/mol. The van der Waals surface area contributed by atoms with Gasteiger partial charge < -0.3 is 0 Å². The molecule has 0 N–H and O–H groups in total. The van der Waals surface area contributed by atoms with Gasteiger partial charge in [-0.1, -0.05) is 49.2 Å². The molecule has 16 heavy (non-hydrogen) atoms. The van der Waals surface area contributed by atoms with E-state index < -0.39 is 0 Å². The summed E-state index contributed by atoms with van der Waals surface area (Å²) in [7, 11) is 0. The molecule has 1 saturated carbocycles. The lowest BCUT2D eigenvalue weighted by Crippen LogP contribution is -2.23. The maximum absolute atomic E-state index is 2.50. The van der Waals surface area contributed by atoms with Crippen molar-refractivity contribution < 1.29 is 0 Å². The van der Waals surface area contributed by atoms with Gasteiger partial charge in [0.05, 0.1) is 0 Å². The van der Waals surface area contributed by atoms with Crippen molar-refractivity contribution >= 4 is 5.57 Å². The Morgan fingerprint density at radius 3 is 2.56 bits per heavy atom. The summed E-state index contributed by atoms with van der Waals surface area (Å²) in [4.78, 5) is 0. The molecule has 0 heteroatoms. The van der Waals surface area contributed by atoms with E-state index in [-0.39, 0.29) is 0 Å². The van der Waals surface area contributed by atoms with E-state index in [0.29, 0.717) is 0 Å². The zero-order valence-electron chi connectivity index (χ0n) is 9.86. The first-order valence-electron chi connectivity index (χ1n) is 6.70. The molecule has 2 unspecified atom stereocenters. The summed E-state index contributed by atoms with van der Waals surface area (Å²) < 4.78 is 0. The molecule has 0 aliphatic heterocycles. The summed E-state index contributed by atoms with van der Waals surface area (Å²) in [6.07, 6.45) is 11.0. The summed E-state index contributed by atoms with van der Waals surface area (Å²) in [5.74, 6) is 1.85. The molecule has 3 rings (SSSR count). The number of rotatable bonds is 1. The van der Waals surface area contributed by atoms with Crippen LogP contribution in [0.3, 0.4) is 0 Å². The molecule has 0 spiro atoms. The van der Waals surface area contributed by atoms with Crippen LogP contribution in [-0.2, 0) is 0 Å². The standard InChI is InChI=1S/C16H20/c1-2-7-13(8-3-1)16-12-6-10-14-9-4-5-11-15(14)16/h1-3,7-8,12,14-15H,4-6,9-11H2. The highest BCUT2D eigenvalue weighted by Gasteiger charge is 2.30. The van der Waals surface area contributed by atoms with E-state index in [1.807, 2.05) is 0 Å². The molecule has 2 aliphatic rings. The zero-order chi connectivity index (χ0) is 10.8. The van der Waals surface area contributed by atoms with Gasteiger partial charge in [0.2, 0.25) is 0 Å². The molecule has 0 amide bonds. The monoisotopic (exact) mass is 212 g/mol. The first-order valence-corrected chi connectivity index (χ1v) is 6.70. The summed E-state index contributed by atoms with van der Waals surface area (Å²) in [5, 5.41) is 0. The molecule has 84 valence electrons. The van der Waals surface area contributed by atoms with E-state index in [1.165, 1.54) is 44.1 Å². The molecule has 0 aromatic heterocycles. The van der Waals surface area contributed by atoms with Crippen LogP contribution < -0.4 is 0 Å². The smallest absolute Gasteiger partial charge is 0.0131 e. The number of hydrogen-bond acceptors (Lipinski definition) is 0. The van der Waals surface area contributed by atoms with Gasteiger partial charge in [-0.05, 0) is 48.7 Å². The van der Waals surface area contributed by atoms with Gasteiger partial charge in [-0.15, -0.1) is 0 Å². The van der Waals surface area contributed by atoms with Crippen LogP contribution >= 0.6 is 0 Å². The molecule has 2 atom stereocenters. The largest absolute Gasteiger partial charge is 0.0804 e. The Balaban J connectivity index is 1.91. The van der Waals surface area contributed by atoms with Gasteiger partial charge in [0.25, 0.3) is 0 Å². The minimum absolute atomic E-state index is 0.866. The van der Waals surface area contributed by atoms with Crippen LogP contribution in [0.15, 0.2) is 36.4 Å². The highest BCUT2D eigenvalue weighted by Crippen LogP contribution is 2.44. The van der Waals surface area contributed by atoms with E-state index in [9.17, 15) is 0 Å². The van der Waals surface area contributed by atoms with Crippen LogP contribution in [0, 0.1) is 11.8 Å². The molecule has 0 radical (unpaired) electrons. The molecule has 0 bridgehead atoms. The summed E-state index contributed by atoms with van der Waals surface area (Å²) in [6, 6.07) is 11.0. The topological polar surface area (TPSA) is 0 Å². The second kappa shape index (κ2) is 4.45. The van der Waals surface area contributed by atoms with E-state index in [4.69, 9.17) is 0 Å². The first-order chi connectivity index (χ1) is 7.95. The Labute approximate surface area is 98.4 Å². The third-order valence-corrected chi connectivity index (χ3v) is 4.32. The first kappa shape index (κ1) is 10.1. The average molecular weight is 212 g/mol. The van der Waals surface area contributed by atoms with Gasteiger partial charge in [-0.3, -0.25) is 0 Å². The van der Waals surface area contributed by atoms with Crippen LogP contribution in [0.5, 0.6) is 0 Å². The Bertz CT molecular complexity index is 374. The maximum Gasteiger partial charge on any atom is -0.0131 e. The number of benzene rings is 1. The van der Waals surface area contributed by atoms with Gasteiger partial charge in [0.1, 0.15) is 0 Å². The number of fused-ring (bicyclic) bond motifs is 1. The third kappa shape index (κ3) is 1.81. The van der Waals surface area contributed by atoms with E-state index in [0.717, 1.165) is 11.8 Å². The Morgan fingerprint density at radius 2 is 1.69 bits per heavy atom. The Morgan fingerprint density at radius 1 is 0.875 bits per heavy atom. The molecule has 0 saturated heterocycles. The quantitative estimate of drug-likeness (QED) is 0.634. The number of hydrogen-bond donors (Lipinski definition) is 0. The van der Waals surface area contributed by atoms with Gasteiger partial charge in [-0.25, -0.2) is 0 Å². The molecule has 1 fully saturated rings. The maximum atomic E-state index is 2.50. The summed E-state index contributed by atoms with van der Waals surface area (Å²) >= 11 is 0. The van der Waals surface area contributed by atoms with Gasteiger partial charge >= 0.3 is 0 Å². The predicted octanol–water partition coefficient (Wildman–Crippen LogP) is 4.67. The minimum atomic E-state index is 0.866. The summed E-state index contributed by atoms with van der Waals surface area (Å²) in [6.45, 7) is 0. The van der Waals surface area contributed by atoms with E-state index in [1.54, 1.807) is 5.57 Å². The lowest BCUT2D eigenvalue weighted by Gasteiger charge is -2.36. The highest BCUT2D eigenvalue weighted by molar-refractivity contribution is 5.68. The van der Waals surface area contributed by atoms with Crippen LogP contribution in [0.1, 0.15) is 44.1 Å². The van der Waals surface area contributed by atoms with Crippen LogP contribution in [0.2, 0.25) is 0 Å². The van der Waals surface area contributed by atoms with Crippen molar-refractivity contribution in [1.29, 1.82) is 0 Å². The molecular formula is C16H20. The third-order valence-electron chi connectivity index (χ3n) is 4.32. The van der Waals surface area contributed by atoms with E-state index >= 15 is 0 Å². The highest BCUT2D eigenvalue weighted by atomic mass is 14.3. The predicted molar refractivity (Wildman–Crippen MR) is 69.1 cm³/mol. The fourth-order valence-corrected chi connectivity index (χ4v) is 3.53. The van der Waals surface area contributed by atoms with Crippen LogP contribution in [0.4, 0.5) is 0 Å². The second-order valence-electron chi connectivity index (χ2n) is 5.25. The molecule has 1 aromatic rings. The van der Waals surface area contributed by atoms with Crippen molar-refractivity contribution in [3.05, 3.63) is 42.0 Å². The second-order valence-corrected chi connectivity index (χ2v) is 5.25. The SMILES string of the molecule is C1=C(c2ccccc2)C2CCCCC2CC1. The summed E-state index contributed by atoms with van der Waals surface area (Å²) in [5.41, 5.74) is 3.12. The van der Waals surface area contributed by atoms with Gasteiger partial charge in [0.15, 0.2) is 0 Å². The van der Waals surface area contributed by atoms with Crippen LogP contribution in [0.25, 0.3) is 5.57 Å². The van der Waals surface area contributed by atoms with Crippen molar-refractivity contribution in [1.82, 2.24) is 0 Å². The lowest BCUT2D eigenvalue weighted by molar-refractivity contribution is 0.269. The van der Waals surface area contributed by atoms with E-state index in [2.05, 4.69) is 36.4 Å². The molecule has 0 nitrogen and oxygen atoms in total. The Kier molecular flexibility index (Phi) is 2.82. The molecule has 1 aromatic carbocycles. The zero-order valence-corrected chi connectivity index (χ0v) is 9.86. The van der Waals surface area contributed by atoms with Gasteiger partial charge in [0, 0.05) is 0 Å². The fraction of sp³-hybridized carbons (Fsp3) is 0.500.